The summed E-state index contributed by atoms with van der Waals surface area (Å²) in [6.45, 7) is 4.29. The van der Waals surface area contributed by atoms with Crippen molar-refractivity contribution in [2.75, 3.05) is 26.2 Å². The molecular weight excluding hydrogens is 435 g/mol. The molecule has 0 aromatic carbocycles. The number of nitrogens with one attached hydrogen (secondary N) is 1. The Labute approximate surface area is 183 Å². The zero-order valence-electron chi connectivity index (χ0n) is 18.3. The van der Waals surface area contributed by atoms with Gasteiger partial charge in [-0.3, -0.25) is 14.5 Å². The van der Waals surface area contributed by atoms with Crippen LogP contribution in [0.15, 0.2) is 4.79 Å². The number of piperidine rings is 1. The molecule has 2 unspecified atom stereocenters. The zero-order chi connectivity index (χ0) is 23.7. The fraction of sp³-hybridized carbons (Fsp3) is 0.762. The number of fused-ring (bicyclic) bond motifs is 1. The molecule has 180 valence electrons. The molecule has 1 fully saturated rings. The number of amides is 1. The third kappa shape index (κ3) is 4.82. The molecule has 2 atom stereocenters. The molecule has 1 saturated heterocycles. The van der Waals surface area contributed by atoms with E-state index in [0.717, 1.165) is 6.42 Å². The second kappa shape index (κ2) is 9.44. The molecule has 1 aromatic heterocycles. The van der Waals surface area contributed by atoms with E-state index in [-0.39, 0.29) is 37.2 Å². The van der Waals surface area contributed by atoms with Gasteiger partial charge in [-0.25, -0.2) is 13.9 Å². The van der Waals surface area contributed by atoms with Crippen LogP contribution in [0.3, 0.4) is 0 Å². The third-order valence-corrected chi connectivity index (χ3v) is 6.37. The number of carbonyl (C=O) groups excluding carboxylic acids is 1. The Bertz CT molecular complexity index is 886. The van der Waals surface area contributed by atoms with Crippen molar-refractivity contribution in [3.8, 4) is 0 Å². The van der Waals surface area contributed by atoms with Crippen LogP contribution in [0.5, 0.6) is 0 Å². The van der Waals surface area contributed by atoms with E-state index in [1.54, 1.807) is 4.90 Å². The minimum atomic E-state index is -4.83. The maximum Gasteiger partial charge on any atom is 0.422 e. The van der Waals surface area contributed by atoms with Crippen molar-refractivity contribution in [2.45, 2.75) is 70.5 Å². The van der Waals surface area contributed by atoms with E-state index in [2.05, 4.69) is 5.10 Å². The summed E-state index contributed by atoms with van der Waals surface area (Å²) in [6.07, 6.45) is -3.00. The highest BCUT2D eigenvalue weighted by molar-refractivity contribution is 5.80. The number of rotatable bonds is 7. The number of alkyl halides is 5. The van der Waals surface area contributed by atoms with Gasteiger partial charge in [0.15, 0.2) is 0 Å². The average molecular weight is 464 g/mol. The first kappa shape index (κ1) is 24.6. The molecule has 1 aromatic rings. The smallest absolute Gasteiger partial charge is 0.342 e. The van der Waals surface area contributed by atoms with Crippen LogP contribution in [0.2, 0.25) is 0 Å². The lowest BCUT2D eigenvalue weighted by atomic mass is 9.90. The minimum Gasteiger partial charge on any atom is -0.342 e. The van der Waals surface area contributed by atoms with Gasteiger partial charge in [-0.2, -0.15) is 18.3 Å². The highest BCUT2D eigenvalue weighted by Gasteiger charge is 2.51. The molecule has 0 spiro atoms. The number of likely N-dealkylation sites (tertiary alicyclic amines) is 1. The fourth-order valence-electron chi connectivity index (χ4n) is 4.74. The van der Waals surface area contributed by atoms with Gasteiger partial charge in [-0.1, -0.05) is 20.3 Å². The highest BCUT2D eigenvalue weighted by Crippen LogP contribution is 2.43. The maximum atomic E-state index is 14.8. The first-order chi connectivity index (χ1) is 15.0. The van der Waals surface area contributed by atoms with E-state index in [0.29, 0.717) is 25.9 Å². The first-order valence-electron chi connectivity index (χ1n) is 11.1. The van der Waals surface area contributed by atoms with E-state index in [4.69, 9.17) is 0 Å². The topological polar surface area (TPSA) is 69.3 Å². The van der Waals surface area contributed by atoms with Crippen LogP contribution in [0.1, 0.15) is 68.8 Å². The monoisotopic (exact) mass is 464 g/mol. The summed E-state index contributed by atoms with van der Waals surface area (Å²) in [5, 5.41) is 5.75. The molecule has 1 aliphatic heterocycles. The fourth-order valence-corrected chi connectivity index (χ4v) is 4.74. The van der Waals surface area contributed by atoms with Crippen LogP contribution >= 0.6 is 0 Å². The number of halogens is 5. The van der Waals surface area contributed by atoms with Crippen molar-refractivity contribution in [3.05, 3.63) is 27.2 Å². The zero-order valence-corrected chi connectivity index (χ0v) is 18.3. The van der Waals surface area contributed by atoms with Crippen molar-refractivity contribution < 1.29 is 26.7 Å². The number of aromatic amines is 1. The van der Waals surface area contributed by atoms with Gasteiger partial charge in [-0.05, 0) is 31.2 Å². The lowest BCUT2D eigenvalue weighted by Gasteiger charge is -2.42. The molecule has 32 heavy (non-hydrogen) atoms. The van der Waals surface area contributed by atoms with Crippen molar-refractivity contribution >= 4 is 5.91 Å². The van der Waals surface area contributed by atoms with E-state index < -0.39 is 47.5 Å². The molecule has 11 heteroatoms. The van der Waals surface area contributed by atoms with Crippen LogP contribution in [0, 0.1) is 5.92 Å². The number of hydrogen-bond acceptors (Lipinski definition) is 4. The van der Waals surface area contributed by atoms with Crippen molar-refractivity contribution in [3.63, 3.8) is 0 Å². The average Bonchev–Trinajstić information content (AvgIpc) is 3.13. The summed E-state index contributed by atoms with van der Waals surface area (Å²) in [7, 11) is 0. The largest absolute Gasteiger partial charge is 0.422 e. The van der Waals surface area contributed by atoms with Crippen LogP contribution in [-0.2, 0) is 17.4 Å². The summed E-state index contributed by atoms with van der Waals surface area (Å²) in [4.78, 5) is 27.9. The number of H-pyrrole nitrogens is 1. The molecule has 0 bridgehead atoms. The standard InChI is InChI=1S/C21H29F5N4O2/c1-3-5-10-29(9-4-2)19(32)14-12-30(11-8-20(14,22)23)15-7-6-13-16(21(24,25)26)18(31)28-27-17(13)15/h14-15H,3-12H2,1-2H3,(H,28,31). The summed E-state index contributed by atoms with van der Waals surface area (Å²) >= 11 is 0. The Morgan fingerprint density at radius 1 is 1.25 bits per heavy atom. The lowest BCUT2D eigenvalue weighted by Crippen LogP contribution is -2.55. The number of hydrogen-bond donors (Lipinski definition) is 1. The second-order valence-corrected chi connectivity index (χ2v) is 8.58. The molecular formula is C21H29F5N4O2. The molecule has 6 nitrogen and oxygen atoms in total. The van der Waals surface area contributed by atoms with Gasteiger partial charge in [0.2, 0.25) is 5.91 Å². The molecule has 3 rings (SSSR count). The minimum absolute atomic E-state index is 0.0181. The Morgan fingerprint density at radius 2 is 1.97 bits per heavy atom. The molecule has 1 aliphatic carbocycles. The molecule has 2 heterocycles. The molecule has 1 N–H and O–H groups in total. The summed E-state index contributed by atoms with van der Waals surface area (Å²) in [5.41, 5.74) is -2.69. The Kier molecular flexibility index (Phi) is 7.26. The highest BCUT2D eigenvalue weighted by atomic mass is 19.4. The van der Waals surface area contributed by atoms with Gasteiger partial charge in [0.1, 0.15) is 11.5 Å². The Hall–Kier alpha value is -2.04. The van der Waals surface area contributed by atoms with Crippen LogP contribution < -0.4 is 5.56 Å². The quantitative estimate of drug-likeness (QED) is 0.624. The third-order valence-electron chi connectivity index (χ3n) is 6.37. The van der Waals surface area contributed by atoms with Gasteiger partial charge in [-0.15, -0.1) is 0 Å². The van der Waals surface area contributed by atoms with Gasteiger partial charge < -0.3 is 4.90 Å². The van der Waals surface area contributed by atoms with Crippen molar-refractivity contribution in [1.29, 1.82) is 0 Å². The van der Waals surface area contributed by atoms with Crippen LogP contribution in [-0.4, -0.2) is 58.0 Å². The number of nitrogens with zero attached hydrogens (tertiary/aromatic N) is 3. The molecule has 0 radical (unpaired) electrons. The van der Waals surface area contributed by atoms with Gasteiger partial charge in [0.25, 0.3) is 11.5 Å². The predicted molar refractivity (Wildman–Crippen MR) is 107 cm³/mol. The Morgan fingerprint density at radius 3 is 2.59 bits per heavy atom. The van der Waals surface area contributed by atoms with Gasteiger partial charge in [0, 0.05) is 32.6 Å². The first-order valence-corrected chi connectivity index (χ1v) is 11.1. The van der Waals surface area contributed by atoms with Crippen molar-refractivity contribution in [1.82, 2.24) is 20.0 Å². The van der Waals surface area contributed by atoms with Crippen LogP contribution in [0.25, 0.3) is 0 Å². The van der Waals surface area contributed by atoms with Crippen LogP contribution in [0.4, 0.5) is 22.0 Å². The lowest BCUT2D eigenvalue weighted by molar-refractivity contribution is -0.162. The summed E-state index contributed by atoms with van der Waals surface area (Å²) < 4.78 is 69.8. The number of unbranched alkanes of at least 4 members (excludes halogenated alkanes) is 1. The summed E-state index contributed by atoms with van der Waals surface area (Å²) in [5.74, 6) is -5.37. The van der Waals surface area contributed by atoms with E-state index in [1.807, 2.05) is 18.9 Å². The van der Waals surface area contributed by atoms with E-state index >= 15 is 0 Å². The second-order valence-electron chi connectivity index (χ2n) is 8.58. The summed E-state index contributed by atoms with van der Waals surface area (Å²) in [6, 6.07) is -0.649. The normalized spacial score (nSPS) is 23.2. The van der Waals surface area contributed by atoms with E-state index in [9.17, 15) is 31.5 Å². The van der Waals surface area contributed by atoms with Gasteiger partial charge >= 0.3 is 6.18 Å². The maximum absolute atomic E-state index is 14.8. The number of carbonyl (C=O) groups is 1. The van der Waals surface area contributed by atoms with Gasteiger partial charge in [0.05, 0.1) is 11.7 Å². The van der Waals surface area contributed by atoms with E-state index in [1.165, 1.54) is 4.90 Å². The molecule has 1 amide bonds. The molecule has 2 aliphatic rings. The number of aromatic nitrogens is 2. The van der Waals surface area contributed by atoms with Crippen molar-refractivity contribution in [2.24, 2.45) is 5.92 Å². The predicted octanol–water partition coefficient (Wildman–Crippen LogP) is 3.77. The molecule has 0 saturated carbocycles. The Balaban J connectivity index is 1.86. The SMILES string of the molecule is CCCCN(CCC)C(=O)C1CN(C2CCc3c2n[nH]c(=O)c3C(F)(F)F)CCC1(F)F.